The number of hydrogen-bond donors (Lipinski definition) is 1. The fraction of sp³-hybridized carbons (Fsp3) is 0.360. The molecule has 1 aliphatic heterocycles. The highest BCUT2D eigenvalue weighted by Crippen LogP contribution is 2.33. The minimum atomic E-state index is -0.358. The molecule has 0 unspecified atom stereocenters. The predicted molar refractivity (Wildman–Crippen MR) is 134 cm³/mol. The summed E-state index contributed by atoms with van der Waals surface area (Å²) in [4.78, 5) is 14.7. The number of nitrogens with one attached hydrogen (secondary N) is 1. The Hall–Kier alpha value is -2.44. The number of hydrogen-bond acceptors (Lipinski definition) is 5. The summed E-state index contributed by atoms with van der Waals surface area (Å²) in [7, 11) is 0. The van der Waals surface area contributed by atoms with Gasteiger partial charge in [0.15, 0.2) is 0 Å². The first-order valence-corrected chi connectivity index (χ1v) is 12.4. The first-order chi connectivity index (χ1) is 15.6. The Kier molecular flexibility index (Phi) is 7.76. The zero-order valence-electron chi connectivity index (χ0n) is 18.0. The Labute approximate surface area is 198 Å². The third-order valence-electron chi connectivity index (χ3n) is 5.88. The summed E-state index contributed by atoms with van der Waals surface area (Å²) in [6.07, 6.45) is 4.99. The molecule has 2 aromatic rings. The largest absolute Gasteiger partial charge is 0.449 e. The SMILES string of the molecule is C=C1CC(SCC2CCC(COC(=O)N(c3ccccc3)c3ccc(Cl)cc3)CC2)=NN1. The van der Waals surface area contributed by atoms with E-state index in [2.05, 4.69) is 17.1 Å². The Morgan fingerprint density at radius 2 is 1.72 bits per heavy atom. The van der Waals surface area contributed by atoms with E-state index < -0.39 is 0 Å². The summed E-state index contributed by atoms with van der Waals surface area (Å²) < 4.78 is 5.78. The molecular weight excluding hydrogens is 442 g/mol. The third-order valence-corrected chi connectivity index (χ3v) is 7.34. The molecule has 1 amide bonds. The van der Waals surface area contributed by atoms with Crippen LogP contribution < -0.4 is 10.3 Å². The van der Waals surface area contributed by atoms with Gasteiger partial charge in [0.25, 0.3) is 0 Å². The van der Waals surface area contributed by atoms with Crippen molar-refractivity contribution in [3.8, 4) is 0 Å². The Morgan fingerprint density at radius 3 is 2.38 bits per heavy atom. The van der Waals surface area contributed by atoms with E-state index in [0.717, 1.165) is 60.0 Å². The van der Waals surface area contributed by atoms with E-state index in [4.69, 9.17) is 16.3 Å². The number of thioether (sulfide) groups is 1. The van der Waals surface area contributed by atoms with Crippen molar-refractivity contribution in [3.05, 3.63) is 71.9 Å². The predicted octanol–water partition coefficient (Wildman–Crippen LogP) is 6.97. The van der Waals surface area contributed by atoms with Crippen LogP contribution in [0.15, 0.2) is 72.0 Å². The summed E-state index contributed by atoms with van der Waals surface area (Å²) in [5.74, 6) is 2.20. The van der Waals surface area contributed by atoms with Crippen LogP contribution in [0.4, 0.5) is 16.2 Å². The van der Waals surface area contributed by atoms with Gasteiger partial charge in [0, 0.05) is 22.9 Å². The highest BCUT2D eigenvalue weighted by atomic mass is 35.5. The van der Waals surface area contributed by atoms with Gasteiger partial charge in [-0.15, -0.1) is 11.8 Å². The van der Waals surface area contributed by atoms with Crippen molar-refractivity contribution < 1.29 is 9.53 Å². The van der Waals surface area contributed by atoms with E-state index in [1.54, 1.807) is 17.0 Å². The van der Waals surface area contributed by atoms with Crippen LogP contribution in [0.5, 0.6) is 0 Å². The van der Waals surface area contributed by atoms with Gasteiger partial charge in [0.2, 0.25) is 0 Å². The van der Waals surface area contributed by atoms with Gasteiger partial charge in [-0.2, -0.15) is 5.10 Å². The number of nitrogens with zero attached hydrogens (tertiary/aromatic N) is 2. The minimum absolute atomic E-state index is 0.358. The van der Waals surface area contributed by atoms with E-state index in [1.807, 2.05) is 54.2 Å². The molecule has 0 radical (unpaired) electrons. The molecule has 2 aromatic carbocycles. The first kappa shape index (κ1) is 22.7. The lowest BCUT2D eigenvalue weighted by atomic mass is 9.83. The van der Waals surface area contributed by atoms with Gasteiger partial charge >= 0.3 is 6.09 Å². The van der Waals surface area contributed by atoms with Crippen LogP contribution in [-0.2, 0) is 4.74 Å². The second-order valence-corrected chi connectivity index (χ2v) is 9.85. The molecular formula is C25H28ClN3O2S. The number of benzene rings is 2. The summed E-state index contributed by atoms with van der Waals surface area (Å²) >= 11 is 7.87. The molecule has 1 aliphatic carbocycles. The third kappa shape index (κ3) is 6.08. The van der Waals surface area contributed by atoms with Gasteiger partial charge in [0.05, 0.1) is 23.0 Å². The number of rotatable bonds is 6. The van der Waals surface area contributed by atoms with E-state index in [1.165, 1.54) is 0 Å². The van der Waals surface area contributed by atoms with Crippen molar-refractivity contribution in [3.63, 3.8) is 0 Å². The molecule has 0 bridgehead atoms. The van der Waals surface area contributed by atoms with E-state index in [-0.39, 0.29) is 6.09 Å². The molecule has 0 aromatic heterocycles. The molecule has 7 heteroatoms. The van der Waals surface area contributed by atoms with Gasteiger partial charge in [-0.1, -0.05) is 36.4 Å². The topological polar surface area (TPSA) is 53.9 Å². The first-order valence-electron chi connectivity index (χ1n) is 11.0. The number of para-hydroxylation sites is 1. The average molecular weight is 470 g/mol. The maximum absolute atomic E-state index is 13.1. The molecule has 1 saturated carbocycles. The van der Waals surface area contributed by atoms with Crippen molar-refractivity contribution in [2.45, 2.75) is 32.1 Å². The standard InChI is InChI=1S/C25H28ClN3O2S/c1-18-15-24(28-27-18)32-17-20-9-7-19(8-10-20)16-31-25(30)29(22-5-3-2-4-6-22)23-13-11-21(26)12-14-23/h2-6,11-14,19-20,27H,1,7-10,15-17H2. The second kappa shape index (κ2) is 10.9. The van der Waals surface area contributed by atoms with E-state index in [9.17, 15) is 4.79 Å². The number of ether oxygens (including phenoxy) is 1. The maximum atomic E-state index is 13.1. The zero-order valence-corrected chi connectivity index (χ0v) is 19.6. The Balaban J connectivity index is 1.28. The lowest BCUT2D eigenvalue weighted by Gasteiger charge is -2.29. The summed E-state index contributed by atoms with van der Waals surface area (Å²) in [6, 6.07) is 16.8. The lowest BCUT2D eigenvalue weighted by molar-refractivity contribution is 0.118. The minimum Gasteiger partial charge on any atom is -0.449 e. The van der Waals surface area contributed by atoms with E-state index in [0.29, 0.717) is 23.5 Å². The highest BCUT2D eigenvalue weighted by molar-refractivity contribution is 8.13. The van der Waals surface area contributed by atoms with Crippen molar-refractivity contribution in [1.82, 2.24) is 5.43 Å². The van der Waals surface area contributed by atoms with E-state index >= 15 is 0 Å². The van der Waals surface area contributed by atoms with Crippen LogP contribution in [0.3, 0.4) is 0 Å². The summed E-state index contributed by atoms with van der Waals surface area (Å²) in [5.41, 5.74) is 5.42. The molecule has 1 N–H and O–H groups in total. The second-order valence-electron chi connectivity index (χ2n) is 8.32. The van der Waals surface area contributed by atoms with Gasteiger partial charge < -0.3 is 4.74 Å². The maximum Gasteiger partial charge on any atom is 0.418 e. The van der Waals surface area contributed by atoms with Crippen LogP contribution in [0.25, 0.3) is 0 Å². The molecule has 0 saturated heterocycles. The van der Waals surface area contributed by atoms with Gasteiger partial charge in [-0.3, -0.25) is 5.43 Å². The highest BCUT2D eigenvalue weighted by Gasteiger charge is 2.25. The Bertz CT molecular complexity index is 957. The van der Waals surface area contributed by atoms with Crippen LogP contribution in [-0.4, -0.2) is 23.5 Å². The summed E-state index contributed by atoms with van der Waals surface area (Å²) in [5, 5.41) is 6.06. The number of allylic oxidation sites excluding steroid dienone is 1. The number of carbonyl (C=O) groups is 1. The molecule has 5 nitrogen and oxygen atoms in total. The van der Waals surface area contributed by atoms with Crippen molar-refractivity contribution >= 4 is 45.9 Å². The fourth-order valence-corrected chi connectivity index (χ4v) is 5.32. The summed E-state index contributed by atoms with van der Waals surface area (Å²) in [6.45, 7) is 4.36. The quantitative estimate of drug-likeness (QED) is 0.496. The van der Waals surface area contributed by atoms with Crippen LogP contribution in [0.2, 0.25) is 5.02 Å². The van der Waals surface area contributed by atoms with Crippen LogP contribution >= 0.6 is 23.4 Å². The molecule has 1 heterocycles. The smallest absolute Gasteiger partial charge is 0.418 e. The number of carbonyl (C=O) groups excluding carboxylic acids is 1. The normalized spacial score (nSPS) is 20.4. The van der Waals surface area contributed by atoms with Gasteiger partial charge in [0.1, 0.15) is 0 Å². The number of halogens is 1. The molecule has 1 fully saturated rings. The average Bonchev–Trinajstić information content (AvgIpc) is 3.24. The van der Waals surface area contributed by atoms with Gasteiger partial charge in [-0.05, 0) is 73.9 Å². The number of anilines is 2. The molecule has 0 atom stereocenters. The lowest BCUT2D eigenvalue weighted by Crippen LogP contribution is -2.29. The fourth-order valence-electron chi connectivity index (χ4n) is 4.05. The number of amides is 1. The van der Waals surface area contributed by atoms with Crippen molar-refractivity contribution in [1.29, 1.82) is 0 Å². The molecule has 0 spiro atoms. The molecule has 2 aliphatic rings. The van der Waals surface area contributed by atoms with Crippen molar-refractivity contribution in [2.75, 3.05) is 17.3 Å². The van der Waals surface area contributed by atoms with Crippen LogP contribution in [0, 0.1) is 11.8 Å². The van der Waals surface area contributed by atoms with Crippen LogP contribution in [0.1, 0.15) is 32.1 Å². The van der Waals surface area contributed by atoms with Crippen molar-refractivity contribution in [2.24, 2.45) is 16.9 Å². The molecule has 32 heavy (non-hydrogen) atoms. The number of hydrazone groups is 1. The Morgan fingerprint density at radius 1 is 1.06 bits per heavy atom. The molecule has 4 rings (SSSR count). The zero-order chi connectivity index (χ0) is 22.3. The van der Waals surface area contributed by atoms with Gasteiger partial charge in [-0.25, -0.2) is 9.69 Å². The molecule has 168 valence electrons. The monoisotopic (exact) mass is 469 g/mol.